The second kappa shape index (κ2) is 8.09. The van der Waals surface area contributed by atoms with Gasteiger partial charge in [0.1, 0.15) is 0 Å². The molecule has 19 heavy (non-hydrogen) atoms. The van der Waals surface area contributed by atoms with Gasteiger partial charge in [0.25, 0.3) is 0 Å². The molecule has 0 aliphatic heterocycles. The molecule has 0 fully saturated rings. The number of halogens is 2. The molecule has 4 nitrogen and oxygen atoms in total. The van der Waals surface area contributed by atoms with Crippen molar-refractivity contribution in [2.45, 2.75) is 12.5 Å². The molecule has 1 N–H and O–H groups in total. The van der Waals surface area contributed by atoms with Crippen LogP contribution in [0.5, 0.6) is 0 Å². The van der Waals surface area contributed by atoms with E-state index in [0.29, 0.717) is 10.0 Å². The molecule has 0 aliphatic rings. The van der Waals surface area contributed by atoms with E-state index in [1.807, 2.05) is 6.07 Å². The van der Waals surface area contributed by atoms with Gasteiger partial charge < -0.3 is 18.6 Å². The van der Waals surface area contributed by atoms with Gasteiger partial charge >= 0.3 is 8.80 Å². The van der Waals surface area contributed by atoms with Crippen LogP contribution in [-0.4, -0.2) is 36.7 Å². The summed E-state index contributed by atoms with van der Waals surface area (Å²) in [5, 5.41) is 4.49. The third-order valence-electron chi connectivity index (χ3n) is 2.84. The van der Waals surface area contributed by atoms with E-state index in [9.17, 15) is 0 Å². The number of hydrogen-bond acceptors (Lipinski definition) is 4. The van der Waals surface area contributed by atoms with Crippen LogP contribution in [-0.2, 0) is 13.3 Å². The highest BCUT2D eigenvalue weighted by atomic mass is 35.5. The van der Waals surface area contributed by atoms with Crippen molar-refractivity contribution in [2.24, 2.45) is 0 Å². The highest BCUT2D eigenvalue weighted by Gasteiger charge is 2.36. The maximum absolute atomic E-state index is 6.07. The summed E-state index contributed by atoms with van der Waals surface area (Å²) in [6, 6.07) is 6.12. The minimum absolute atomic E-state index is 0.612. The van der Waals surface area contributed by atoms with Gasteiger partial charge in [0.2, 0.25) is 0 Å². The first-order chi connectivity index (χ1) is 9.06. The van der Waals surface area contributed by atoms with E-state index < -0.39 is 8.80 Å². The molecule has 1 aromatic carbocycles. The van der Waals surface area contributed by atoms with Crippen LogP contribution < -0.4 is 5.32 Å². The Balaban J connectivity index is 2.42. The fourth-order valence-electron chi connectivity index (χ4n) is 1.72. The first-order valence-electron chi connectivity index (χ1n) is 5.91. The van der Waals surface area contributed by atoms with Gasteiger partial charge in [-0.3, -0.25) is 0 Å². The van der Waals surface area contributed by atoms with Crippen LogP contribution >= 0.6 is 23.2 Å². The van der Waals surface area contributed by atoms with Crippen molar-refractivity contribution in [2.75, 3.05) is 33.2 Å². The fraction of sp³-hybridized carbons (Fsp3) is 0.500. The lowest BCUT2D eigenvalue weighted by molar-refractivity contribution is 0.123. The van der Waals surface area contributed by atoms with Crippen molar-refractivity contribution in [3.05, 3.63) is 28.2 Å². The maximum Gasteiger partial charge on any atom is 0.500 e. The van der Waals surface area contributed by atoms with Gasteiger partial charge in [0, 0.05) is 38.9 Å². The number of rotatable bonds is 8. The van der Waals surface area contributed by atoms with Crippen molar-refractivity contribution in [1.29, 1.82) is 0 Å². The van der Waals surface area contributed by atoms with Gasteiger partial charge in [0.15, 0.2) is 0 Å². The average molecular weight is 324 g/mol. The third-order valence-corrected chi connectivity index (χ3v) is 6.22. The number of hydrogen-bond donors (Lipinski definition) is 1. The molecule has 0 aromatic heterocycles. The Morgan fingerprint density at radius 1 is 1.11 bits per heavy atom. The fourth-order valence-corrected chi connectivity index (χ4v) is 3.91. The number of anilines is 1. The van der Waals surface area contributed by atoms with E-state index in [4.69, 9.17) is 36.5 Å². The molecular formula is C12H19Cl2NO3Si. The first kappa shape index (κ1) is 16.8. The normalized spacial score (nSPS) is 11.6. The summed E-state index contributed by atoms with van der Waals surface area (Å²) in [6.45, 7) is 0.756. The van der Waals surface area contributed by atoms with E-state index in [-0.39, 0.29) is 0 Å². The Bertz CT molecular complexity index is 394. The topological polar surface area (TPSA) is 39.7 Å². The SMILES string of the molecule is CO[Si](CCCNc1ccc(Cl)cc1Cl)(OC)OC. The van der Waals surface area contributed by atoms with E-state index in [1.54, 1.807) is 33.5 Å². The smallest absolute Gasteiger partial charge is 0.384 e. The van der Waals surface area contributed by atoms with Crippen molar-refractivity contribution < 1.29 is 13.3 Å². The minimum atomic E-state index is -2.47. The van der Waals surface area contributed by atoms with Crippen molar-refractivity contribution in [3.63, 3.8) is 0 Å². The van der Waals surface area contributed by atoms with Crippen LogP contribution in [0.25, 0.3) is 0 Å². The minimum Gasteiger partial charge on any atom is -0.384 e. The lowest BCUT2D eigenvalue weighted by atomic mass is 10.3. The second-order valence-electron chi connectivity index (χ2n) is 3.95. The Labute approximate surface area is 125 Å². The molecule has 0 unspecified atom stereocenters. The first-order valence-corrected chi connectivity index (χ1v) is 8.60. The van der Waals surface area contributed by atoms with Crippen molar-refractivity contribution >= 4 is 37.7 Å². The third kappa shape index (κ3) is 4.94. The summed E-state index contributed by atoms with van der Waals surface area (Å²) in [4.78, 5) is 0. The Hall–Kier alpha value is -0.303. The summed E-state index contributed by atoms with van der Waals surface area (Å²) in [5.74, 6) is 0. The Morgan fingerprint density at radius 3 is 2.26 bits per heavy atom. The van der Waals surface area contributed by atoms with Crippen LogP contribution in [0.4, 0.5) is 5.69 Å². The molecule has 0 saturated heterocycles. The standard InChI is InChI=1S/C12H19Cl2NO3Si/c1-16-19(17-2,18-3)8-4-7-15-12-6-5-10(13)9-11(12)14/h5-6,9,15H,4,7-8H2,1-3H3. The molecule has 0 aliphatic carbocycles. The predicted molar refractivity (Wildman–Crippen MR) is 81.2 cm³/mol. The Morgan fingerprint density at radius 2 is 1.74 bits per heavy atom. The lowest BCUT2D eigenvalue weighted by Gasteiger charge is -2.24. The molecule has 1 aromatic rings. The summed E-state index contributed by atoms with van der Waals surface area (Å²) in [6.07, 6.45) is 0.862. The molecule has 0 amide bonds. The van der Waals surface area contributed by atoms with Crippen LogP contribution in [0.3, 0.4) is 0 Å². The summed E-state index contributed by atoms with van der Waals surface area (Å²) >= 11 is 11.9. The lowest BCUT2D eigenvalue weighted by Crippen LogP contribution is -2.42. The van der Waals surface area contributed by atoms with E-state index in [1.165, 1.54) is 0 Å². The number of nitrogens with one attached hydrogen (secondary N) is 1. The zero-order valence-corrected chi connectivity index (χ0v) is 13.8. The highest BCUT2D eigenvalue weighted by Crippen LogP contribution is 2.25. The number of benzene rings is 1. The monoisotopic (exact) mass is 323 g/mol. The molecule has 0 saturated carbocycles. The molecular weight excluding hydrogens is 305 g/mol. The van der Waals surface area contributed by atoms with Gasteiger partial charge in [0.05, 0.1) is 10.7 Å². The highest BCUT2D eigenvalue weighted by molar-refractivity contribution is 6.60. The van der Waals surface area contributed by atoms with Gasteiger partial charge in [-0.1, -0.05) is 23.2 Å². The van der Waals surface area contributed by atoms with Crippen LogP contribution in [0, 0.1) is 0 Å². The zero-order valence-electron chi connectivity index (χ0n) is 11.3. The summed E-state index contributed by atoms with van der Waals surface area (Å²) in [7, 11) is 2.37. The van der Waals surface area contributed by atoms with Crippen molar-refractivity contribution in [1.82, 2.24) is 0 Å². The van der Waals surface area contributed by atoms with Gasteiger partial charge in [-0.05, 0) is 24.6 Å². The van der Waals surface area contributed by atoms with E-state index >= 15 is 0 Å². The molecule has 0 radical (unpaired) electrons. The van der Waals surface area contributed by atoms with Gasteiger partial charge in [-0.15, -0.1) is 0 Å². The van der Waals surface area contributed by atoms with Crippen LogP contribution in [0.15, 0.2) is 18.2 Å². The largest absolute Gasteiger partial charge is 0.500 e. The average Bonchev–Trinajstić information content (AvgIpc) is 2.42. The van der Waals surface area contributed by atoms with Crippen LogP contribution in [0.1, 0.15) is 6.42 Å². The van der Waals surface area contributed by atoms with Gasteiger partial charge in [-0.2, -0.15) is 0 Å². The molecule has 0 atom stereocenters. The maximum atomic E-state index is 6.07. The van der Waals surface area contributed by atoms with E-state index in [2.05, 4.69) is 5.32 Å². The molecule has 0 bridgehead atoms. The quantitative estimate of drug-likeness (QED) is 0.585. The zero-order chi connectivity index (χ0) is 14.3. The summed E-state index contributed by atoms with van der Waals surface area (Å²) in [5.41, 5.74) is 0.866. The van der Waals surface area contributed by atoms with Crippen LogP contribution in [0.2, 0.25) is 16.1 Å². The Kier molecular flexibility index (Phi) is 7.13. The van der Waals surface area contributed by atoms with Gasteiger partial charge in [-0.25, -0.2) is 0 Å². The molecule has 7 heteroatoms. The second-order valence-corrected chi connectivity index (χ2v) is 7.88. The molecule has 0 heterocycles. The molecule has 108 valence electrons. The van der Waals surface area contributed by atoms with E-state index in [0.717, 1.165) is 24.7 Å². The predicted octanol–water partition coefficient (Wildman–Crippen LogP) is 3.67. The van der Waals surface area contributed by atoms with Crippen molar-refractivity contribution in [3.8, 4) is 0 Å². The summed E-state index contributed by atoms with van der Waals surface area (Å²) < 4.78 is 16.1. The molecule has 1 rings (SSSR count). The molecule has 0 spiro atoms.